The minimum absolute atomic E-state index is 0.0657. The van der Waals surface area contributed by atoms with Crippen molar-refractivity contribution in [2.24, 2.45) is 0 Å². The van der Waals surface area contributed by atoms with Crippen LogP contribution in [0.1, 0.15) is 71.3 Å². The first-order valence-corrected chi connectivity index (χ1v) is 12.9. The molecule has 5 heteroatoms. The van der Waals surface area contributed by atoms with Gasteiger partial charge in [0, 0.05) is 11.1 Å². The van der Waals surface area contributed by atoms with Gasteiger partial charge in [0.1, 0.15) is 0 Å². The monoisotopic (exact) mass is 506 g/mol. The van der Waals surface area contributed by atoms with Crippen molar-refractivity contribution in [3.63, 3.8) is 0 Å². The van der Waals surface area contributed by atoms with Crippen molar-refractivity contribution in [1.82, 2.24) is 0 Å². The van der Waals surface area contributed by atoms with Crippen molar-refractivity contribution in [3.05, 3.63) is 106 Å². The molecule has 0 saturated heterocycles. The summed E-state index contributed by atoms with van der Waals surface area (Å²) in [5, 5.41) is 0. The molecule has 192 valence electrons. The number of allylic oxidation sites excluding steroid dienone is 3. The maximum absolute atomic E-state index is 13.9. The lowest BCUT2D eigenvalue weighted by molar-refractivity contribution is -0.158. The summed E-state index contributed by atoms with van der Waals surface area (Å²) >= 11 is 0. The lowest BCUT2D eigenvalue weighted by Gasteiger charge is -2.38. The lowest BCUT2D eigenvalue weighted by atomic mass is 9.62. The SMILES string of the molecule is CCCCC1=C2C(=C(c3ccc(C(C)=O)cc3)C(C(=O)OC)(C(=O)OC)c3ccccc32)c2ccccc21. The van der Waals surface area contributed by atoms with Gasteiger partial charge < -0.3 is 9.47 Å². The number of fused-ring (bicyclic) bond motifs is 5. The third kappa shape index (κ3) is 3.57. The fourth-order valence-corrected chi connectivity index (χ4v) is 5.95. The molecule has 0 aromatic heterocycles. The first kappa shape index (κ1) is 25.4. The second-order valence-electron chi connectivity index (χ2n) is 9.66. The fourth-order valence-electron chi connectivity index (χ4n) is 5.95. The Morgan fingerprint density at radius 2 is 1.32 bits per heavy atom. The molecule has 0 bridgehead atoms. The van der Waals surface area contributed by atoms with Crippen LogP contribution in [0, 0.1) is 0 Å². The van der Waals surface area contributed by atoms with Gasteiger partial charge in [0.15, 0.2) is 5.78 Å². The van der Waals surface area contributed by atoms with Crippen LogP contribution in [0.3, 0.4) is 0 Å². The molecule has 0 unspecified atom stereocenters. The zero-order valence-corrected chi connectivity index (χ0v) is 22.1. The normalized spacial score (nSPS) is 14.9. The van der Waals surface area contributed by atoms with Gasteiger partial charge in [-0.05, 0) is 64.3 Å². The van der Waals surface area contributed by atoms with Crippen molar-refractivity contribution in [3.8, 4) is 0 Å². The highest BCUT2D eigenvalue weighted by atomic mass is 16.5. The van der Waals surface area contributed by atoms with Crippen LogP contribution in [0.15, 0.2) is 72.8 Å². The van der Waals surface area contributed by atoms with Gasteiger partial charge in [-0.25, -0.2) is 0 Å². The van der Waals surface area contributed by atoms with Crippen molar-refractivity contribution in [1.29, 1.82) is 0 Å². The van der Waals surface area contributed by atoms with Crippen molar-refractivity contribution in [2.75, 3.05) is 14.2 Å². The number of Topliss-reactive ketones (excluding diaryl/α,β-unsaturated/α-hetero) is 1. The predicted octanol–water partition coefficient (Wildman–Crippen LogP) is 6.51. The molecule has 5 rings (SSSR count). The smallest absolute Gasteiger partial charge is 0.332 e. The average molecular weight is 507 g/mol. The molecule has 2 aliphatic carbocycles. The van der Waals surface area contributed by atoms with E-state index in [1.807, 2.05) is 42.5 Å². The summed E-state index contributed by atoms with van der Waals surface area (Å²) in [6.45, 7) is 3.67. The summed E-state index contributed by atoms with van der Waals surface area (Å²) in [6, 6.07) is 22.7. The second kappa shape index (κ2) is 9.90. The quantitative estimate of drug-likeness (QED) is 0.208. The number of ether oxygens (including phenoxy) is 2. The van der Waals surface area contributed by atoms with E-state index in [0.717, 1.165) is 47.1 Å². The number of ketones is 1. The van der Waals surface area contributed by atoms with Crippen molar-refractivity contribution in [2.45, 2.75) is 38.5 Å². The molecule has 0 atom stereocenters. The van der Waals surface area contributed by atoms with Crippen LogP contribution in [0.4, 0.5) is 0 Å². The zero-order valence-electron chi connectivity index (χ0n) is 22.1. The molecular weight excluding hydrogens is 476 g/mol. The van der Waals surface area contributed by atoms with Crippen LogP contribution in [-0.4, -0.2) is 31.9 Å². The topological polar surface area (TPSA) is 69.7 Å². The van der Waals surface area contributed by atoms with E-state index in [0.29, 0.717) is 22.3 Å². The Morgan fingerprint density at radius 3 is 1.89 bits per heavy atom. The molecule has 0 aliphatic heterocycles. The molecule has 3 aromatic rings. The number of esters is 2. The van der Waals surface area contributed by atoms with Gasteiger partial charge in [-0.1, -0.05) is 86.1 Å². The number of hydrogen-bond acceptors (Lipinski definition) is 5. The number of benzene rings is 3. The Balaban J connectivity index is 2.01. The largest absolute Gasteiger partial charge is 0.468 e. The molecular formula is C33H30O5. The van der Waals surface area contributed by atoms with Crippen molar-refractivity contribution < 1.29 is 23.9 Å². The standard InChI is InChI=1S/C33H30O5/c1-5-6-11-24-23-12-7-8-13-25(23)29-28(24)26-14-9-10-15-27(26)33(31(35)37-3,32(36)38-4)30(29)22-18-16-21(17-19-22)20(2)34/h7-10,12-19H,5-6,11H2,1-4H3. The highest BCUT2D eigenvalue weighted by Gasteiger charge is 2.59. The van der Waals surface area contributed by atoms with Crippen LogP contribution in [-0.2, 0) is 24.5 Å². The maximum atomic E-state index is 13.9. The molecule has 0 N–H and O–H groups in total. The van der Waals surface area contributed by atoms with Gasteiger partial charge in [0.2, 0.25) is 5.41 Å². The number of hydrogen-bond donors (Lipinski definition) is 0. The van der Waals surface area contributed by atoms with E-state index in [2.05, 4.69) is 13.0 Å². The van der Waals surface area contributed by atoms with E-state index in [1.54, 1.807) is 24.3 Å². The highest BCUT2D eigenvalue weighted by Crippen LogP contribution is 2.60. The Kier molecular flexibility index (Phi) is 6.62. The minimum Gasteiger partial charge on any atom is -0.468 e. The first-order valence-electron chi connectivity index (χ1n) is 12.9. The summed E-state index contributed by atoms with van der Waals surface area (Å²) in [5.41, 5.74) is 6.34. The summed E-state index contributed by atoms with van der Waals surface area (Å²) in [4.78, 5) is 39.9. The number of carbonyl (C=O) groups excluding carboxylic acids is 3. The fraction of sp³-hybridized carbons (Fsp3) is 0.242. The number of unbranched alkanes of at least 4 members (excludes halogenated alkanes) is 1. The Hall–Kier alpha value is -4.25. The van der Waals surface area contributed by atoms with Gasteiger partial charge in [-0.3, -0.25) is 14.4 Å². The number of carbonyl (C=O) groups is 3. The summed E-state index contributed by atoms with van der Waals surface area (Å²) in [7, 11) is 2.58. The van der Waals surface area contributed by atoms with Crippen LogP contribution in [0.2, 0.25) is 0 Å². The molecule has 3 aromatic carbocycles. The van der Waals surface area contributed by atoms with Crippen molar-refractivity contribution >= 4 is 40.0 Å². The summed E-state index contributed by atoms with van der Waals surface area (Å²) < 4.78 is 10.7. The van der Waals surface area contributed by atoms with Crippen LogP contribution in [0.25, 0.3) is 22.3 Å². The van der Waals surface area contributed by atoms with Gasteiger partial charge in [0.05, 0.1) is 14.2 Å². The van der Waals surface area contributed by atoms with E-state index >= 15 is 0 Å². The van der Waals surface area contributed by atoms with E-state index in [-0.39, 0.29) is 5.78 Å². The van der Waals surface area contributed by atoms with Gasteiger partial charge in [0.25, 0.3) is 0 Å². The minimum atomic E-state index is -1.86. The van der Waals surface area contributed by atoms with E-state index < -0.39 is 17.4 Å². The molecule has 38 heavy (non-hydrogen) atoms. The third-order valence-corrected chi connectivity index (χ3v) is 7.64. The number of methoxy groups -OCH3 is 2. The molecule has 0 heterocycles. The molecule has 0 spiro atoms. The second-order valence-corrected chi connectivity index (χ2v) is 9.66. The first-order chi connectivity index (χ1) is 18.4. The zero-order chi connectivity index (χ0) is 27.0. The third-order valence-electron chi connectivity index (χ3n) is 7.64. The van der Waals surface area contributed by atoms with Crippen LogP contribution in [0.5, 0.6) is 0 Å². The molecule has 0 fully saturated rings. The average Bonchev–Trinajstić information content (AvgIpc) is 3.28. The van der Waals surface area contributed by atoms with Gasteiger partial charge in [-0.15, -0.1) is 0 Å². The van der Waals surface area contributed by atoms with Gasteiger partial charge in [-0.2, -0.15) is 0 Å². The van der Waals surface area contributed by atoms with E-state index in [9.17, 15) is 14.4 Å². The molecule has 2 aliphatic rings. The predicted molar refractivity (Wildman–Crippen MR) is 148 cm³/mol. The molecule has 0 saturated carbocycles. The molecule has 0 amide bonds. The van der Waals surface area contributed by atoms with Crippen LogP contribution < -0.4 is 0 Å². The Bertz CT molecular complexity index is 1500. The highest BCUT2D eigenvalue weighted by molar-refractivity contribution is 6.36. The van der Waals surface area contributed by atoms with Crippen LogP contribution >= 0.6 is 0 Å². The maximum Gasteiger partial charge on any atom is 0.332 e. The van der Waals surface area contributed by atoms with E-state index in [1.165, 1.54) is 26.7 Å². The van der Waals surface area contributed by atoms with Gasteiger partial charge >= 0.3 is 11.9 Å². The molecule has 5 nitrogen and oxygen atoms in total. The number of rotatable bonds is 7. The molecule has 0 radical (unpaired) electrons. The summed E-state index contributed by atoms with van der Waals surface area (Å²) in [5.74, 6) is -1.49. The summed E-state index contributed by atoms with van der Waals surface area (Å²) in [6.07, 6.45) is 2.90. The lowest BCUT2D eigenvalue weighted by Crippen LogP contribution is -2.48. The Morgan fingerprint density at radius 1 is 0.737 bits per heavy atom. The van der Waals surface area contributed by atoms with E-state index in [4.69, 9.17) is 9.47 Å². The Labute approximate surface area is 222 Å².